The highest BCUT2D eigenvalue weighted by atomic mass is 16.1. The SMILES string of the molecule is N#Cc1nccn1-c1cccc(C(N)=O)c1N. The van der Waals surface area contributed by atoms with E-state index in [1.165, 1.54) is 16.8 Å². The number of imidazole rings is 1. The fraction of sp³-hybridized carbons (Fsp3) is 0. The van der Waals surface area contributed by atoms with E-state index in [1.807, 2.05) is 6.07 Å². The summed E-state index contributed by atoms with van der Waals surface area (Å²) in [6.07, 6.45) is 3.07. The van der Waals surface area contributed by atoms with Crippen molar-refractivity contribution in [3.63, 3.8) is 0 Å². The quantitative estimate of drug-likeness (QED) is 0.724. The number of carbonyl (C=O) groups is 1. The molecule has 0 spiro atoms. The Kier molecular flexibility index (Phi) is 2.51. The van der Waals surface area contributed by atoms with Gasteiger partial charge < -0.3 is 11.5 Å². The van der Waals surface area contributed by atoms with Crippen LogP contribution in [0.3, 0.4) is 0 Å². The third-order valence-electron chi connectivity index (χ3n) is 2.35. The number of benzene rings is 1. The maximum absolute atomic E-state index is 11.2. The molecule has 6 nitrogen and oxygen atoms in total. The smallest absolute Gasteiger partial charge is 0.250 e. The third kappa shape index (κ3) is 1.70. The van der Waals surface area contributed by atoms with Crippen LogP contribution in [0.4, 0.5) is 5.69 Å². The van der Waals surface area contributed by atoms with Crippen LogP contribution in [0.25, 0.3) is 5.69 Å². The number of primary amides is 1. The molecule has 1 aromatic carbocycles. The van der Waals surface area contributed by atoms with Gasteiger partial charge >= 0.3 is 0 Å². The van der Waals surface area contributed by atoms with Crippen LogP contribution < -0.4 is 11.5 Å². The Hall–Kier alpha value is -2.81. The van der Waals surface area contributed by atoms with Crippen molar-refractivity contribution < 1.29 is 4.79 Å². The number of aromatic nitrogens is 2. The Bertz CT molecular complexity index is 623. The second-order valence-corrected chi connectivity index (χ2v) is 3.34. The van der Waals surface area contributed by atoms with Crippen molar-refractivity contribution in [2.75, 3.05) is 5.73 Å². The molecule has 4 N–H and O–H groups in total. The van der Waals surface area contributed by atoms with Gasteiger partial charge in [0.2, 0.25) is 5.82 Å². The summed E-state index contributed by atoms with van der Waals surface area (Å²) in [6.45, 7) is 0. The summed E-state index contributed by atoms with van der Waals surface area (Å²) >= 11 is 0. The maximum Gasteiger partial charge on any atom is 0.250 e. The molecule has 0 aliphatic carbocycles. The first-order valence-corrected chi connectivity index (χ1v) is 4.77. The van der Waals surface area contributed by atoms with E-state index in [0.29, 0.717) is 5.69 Å². The topological polar surface area (TPSA) is 111 Å². The van der Waals surface area contributed by atoms with Gasteiger partial charge in [-0.25, -0.2) is 4.98 Å². The minimum Gasteiger partial charge on any atom is -0.396 e. The number of rotatable bonds is 2. The van der Waals surface area contributed by atoms with Crippen molar-refractivity contribution in [1.29, 1.82) is 5.26 Å². The number of hydrogen-bond donors (Lipinski definition) is 2. The van der Waals surface area contributed by atoms with Gasteiger partial charge in [-0.15, -0.1) is 0 Å². The first-order chi connectivity index (χ1) is 8.15. The predicted octanol–water partition coefficient (Wildman–Crippen LogP) is 0.425. The van der Waals surface area contributed by atoms with Crippen LogP contribution in [0.1, 0.15) is 16.2 Å². The lowest BCUT2D eigenvalue weighted by molar-refractivity contribution is 0.100. The molecule has 17 heavy (non-hydrogen) atoms. The number of nitrogens with zero attached hydrogens (tertiary/aromatic N) is 3. The lowest BCUT2D eigenvalue weighted by Crippen LogP contribution is -2.15. The van der Waals surface area contributed by atoms with Crippen LogP contribution in [0.5, 0.6) is 0 Å². The molecule has 0 saturated heterocycles. The molecule has 2 aromatic rings. The van der Waals surface area contributed by atoms with Crippen LogP contribution in [-0.4, -0.2) is 15.5 Å². The highest BCUT2D eigenvalue weighted by molar-refractivity contribution is 5.99. The van der Waals surface area contributed by atoms with Crippen molar-refractivity contribution in [2.45, 2.75) is 0 Å². The zero-order chi connectivity index (χ0) is 12.4. The summed E-state index contributed by atoms with van der Waals surface area (Å²) in [5, 5.41) is 8.87. The second-order valence-electron chi connectivity index (χ2n) is 3.34. The molecule has 0 radical (unpaired) electrons. The van der Waals surface area contributed by atoms with E-state index in [0.717, 1.165) is 0 Å². The van der Waals surface area contributed by atoms with Crippen molar-refractivity contribution in [2.24, 2.45) is 5.73 Å². The molecule has 2 rings (SSSR count). The molecule has 0 bridgehead atoms. The average Bonchev–Trinajstić information content (AvgIpc) is 2.76. The van der Waals surface area contributed by atoms with Crippen molar-refractivity contribution >= 4 is 11.6 Å². The summed E-state index contributed by atoms with van der Waals surface area (Å²) in [5.74, 6) is -0.415. The van der Waals surface area contributed by atoms with Crippen LogP contribution in [0.15, 0.2) is 30.6 Å². The fourth-order valence-corrected chi connectivity index (χ4v) is 1.56. The summed E-state index contributed by atoms with van der Waals surface area (Å²) in [5.41, 5.74) is 12.0. The molecular formula is C11H9N5O. The normalized spacial score (nSPS) is 9.82. The van der Waals surface area contributed by atoms with Gasteiger partial charge in [0.05, 0.1) is 16.9 Å². The zero-order valence-corrected chi connectivity index (χ0v) is 8.79. The molecular weight excluding hydrogens is 218 g/mol. The number of anilines is 1. The number of nitrogen functional groups attached to an aromatic ring is 1. The Morgan fingerprint density at radius 2 is 2.24 bits per heavy atom. The summed E-state index contributed by atoms with van der Waals surface area (Å²) in [4.78, 5) is 15.0. The summed E-state index contributed by atoms with van der Waals surface area (Å²) in [7, 11) is 0. The van der Waals surface area contributed by atoms with E-state index < -0.39 is 5.91 Å². The molecule has 0 saturated carbocycles. The predicted molar refractivity (Wildman–Crippen MR) is 61.2 cm³/mol. The molecule has 0 aliphatic rings. The van der Waals surface area contributed by atoms with Gasteiger partial charge in [-0.2, -0.15) is 5.26 Å². The molecule has 1 aromatic heterocycles. The number of nitrogens with two attached hydrogens (primary N) is 2. The van der Waals surface area contributed by atoms with Gasteiger partial charge in [-0.1, -0.05) is 6.07 Å². The van der Waals surface area contributed by atoms with Gasteiger partial charge in [-0.3, -0.25) is 9.36 Å². The van der Waals surface area contributed by atoms with Crippen LogP contribution >= 0.6 is 0 Å². The molecule has 6 heteroatoms. The van der Waals surface area contributed by atoms with Gasteiger partial charge in [-0.05, 0) is 12.1 Å². The number of hydrogen-bond acceptors (Lipinski definition) is 4. The fourth-order valence-electron chi connectivity index (χ4n) is 1.56. The zero-order valence-electron chi connectivity index (χ0n) is 8.79. The lowest BCUT2D eigenvalue weighted by Gasteiger charge is -2.09. The van der Waals surface area contributed by atoms with Crippen LogP contribution in [0, 0.1) is 11.3 Å². The first kappa shape index (κ1) is 10.7. The van der Waals surface area contributed by atoms with E-state index in [-0.39, 0.29) is 17.1 Å². The Morgan fingerprint density at radius 1 is 1.47 bits per heavy atom. The number of para-hydroxylation sites is 1. The van der Waals surface area contributed by atoms with Gasteiger partial charge in [0.1, 0.15) is 6.07 Å². The van der Waals surface area contributed by atoms with Gasteiger partial charge in [0.25, 0.3) is 5.91 Å². The molecule has 0 aliphatic heterocycles. The summed E-state index contributed by atoms with van der Waals surface area (Å²) in [6, 6.07) is 6.79. The second kappa shape index (κ2) is 3.98. The Balaban J connectivity index is 2.66. The third-order valence-corrected chi connectivity index (χ3v) is 2.35. The molecule has 84 valence electrons. The van der Waals surface area contributed by atoms with Gasteiger partial charge in [0, 0.05) is 12.4 Å². The monoisotopic (exact) mass is 227 g/mol. The highest BCUT2D eigenvalue weighted by Gasteiger charge is 2.12. The van der Waals surface area contributed by atoms with Crippen LogP contribution in [0.2, 0.25) is 0 Å². The molecule has 1 amide bonds. The number of carbonyl (C=O) groups excluding carboxylic acids is 1. The summed E-state index contributed by atoms with van der Waals surface area (Å²) < 4.78 is 1.50. The molecule has 0 fully saturated rings. The average molecular weight is 227 g/mol. The highest BCUT2D eigenvalue weighted by Crippen LogP contribution is 2.22. The standard InChI is InChI=1S/C11H9N5O/c12-6-9-15-4-5-16(9)8-3-1-2-7(10(8)13)11(14)17/h1-5H,13H2,(H2,14,17). The van der Waals surface area contributed by atoms with Gasteiger partial charge in [0.15, 0.2) is 0 Å². The minimum atomic E-state index is -0.608. The maximum atomic E-state index is 11.2. The first-order valence-electron chi connectivity index (χ1n) is 4.77. The van der Waals surface area contributed by atoms with E-state index in [4.69, 9.17) is 16.7 Å². The number of nitriles is 1. The largest absolute Gasteiger partial charge is 0.396 e. The van der Waals surface area contributed by atoms with Crippen molar-refractivity contribution in [1.82, 2.24) is 9.55 Å². The minimum absolute atomic E-state index is 0.193. The van der Waals surface area contributed by atoms with Crippen molar-refractivity contribution in [3.05, 3.63) is 42.0 Å². The van der Waals surface area contributed by atoms with E-state index >= 15 is 0 Å². The molecule has 1 heterocycles. The number of amides is 1. The van der Waals surface area contributed by atoms with E-state index in [9.17, 15) is 4.79 Å². The van der Waals surface area contributed by atoms with E-state index in [1.54, 1.807) is 18.3 Å². The molecule has 0 unspecified atom stereocenters. The van der Waals surface area contributed by atoms with Crippen LogP contribution in [-0.2, 0) is 0 Å². The Morgan fingerprint density at radius 3 is 2.88 bits per heavy atom. The Labute approximate surface area is 97.1 Å². The lowest BCUT2D eigenvalue weighted by atomic mass is 10.1. The van der Waals surface area contributed by atoms with E-state index in [2.05, 4.69) is 4.98 Å². The molecule has 0 atom stereocenters. The van der Waals surface area contributed by atoms with Crippen molar-refractivity contribution in [3.8, 4) is 11.8 Å².